The molecule has 0 aromatic rings. The molecule has 1 heterocycles. The molecule has 0 fully saturated rings. The molecule has 5 heteroatoms. The fraction of sp³-hybridized carbons (Fsp3) is 0.833. The van der Waals surface area contributed by atoms with Gasteiger partial charge in [-0.15, -0.1) is 0 Å². The Hall–Kier alpha value is -0.580. The molecule has 11 heavy (non-hydrogen) atoms. The fourth-order valence-corrected chi connectivity index (χ4v) is 1.96. The highest BCUT2D eigenvalue weighted by molar-refractivity contribution is 7.91. The van der Waals surface area contributed by atoms with Gasteiger partial charge in [-0.1, -0.05) is 0 Å². The zero-order valence-corrected chi connectivity index (χ0v) is 7.23. The van der Waals surface area contributed by atoms with Crippen molar-refractivity contribution in [3.63, 3.8) is 0 Å². The first kappa shape index (κ1) is 8.52. The minimum absolute atomic E-state index is 0.153. The van der Waals surface area contributed by atoms with Crippen molar-refractivity contribution in [1.29, 1.82) is 0 Å². The number of ether oxygens (including phenoxy) is 1. The zero-order chi connectivity index (χ0) is 8.32. The van der Waals surface area contributed by atoms with Gasteiger partial charge in [0.15, 0.2) is 15.7 Å². The normalized spacial score (nSPS) is 23.5. The van der Waals surface area contributed by atoms with Crippen LogP contribution in [0.25, 0.3) is 0 Å². The predicted molar refractivity (Wildman–Crippen MR) is 42.6 cm³/mol. The SMILES string of the molecule is COC1=NCCS(=O)(=O)CC1. The van der Waals surface area contributed by atoms with E-state index in [0.717, 1.165) is 0 Å². The molecule has 0 N–H and O–H groups in total. The third-order valence-corrected chi connectivity index (χ3v) is 3.18. The molecular formula is C6H11NO3S. The van der Waals surface area contributed by atoms with Gasteiger partial charge in [0.2, 0.25) is 0 Å². The Balaban J connectivity index is 2.65. The summed E-state index contributed by atoms with van der Waals surface area (Å²) in [5.41, 5.74) is 0. The van der Waals surface area contributed by atoms with Crippen LogP contribution in [0.3, 0.4) is 0 Å². The summed E-state index contributed by atoms with van der Waals surface area (Å²) in [5, 5.41) is 0. The minimum atomic E-state index is -2.86. The molecule has 0 amide bonds. The van der Waals surface area contributed by atoms with Crippen LogP contribution in [-0.4, -0.2) is 39.5 Å². The molecule has 0 atom stereocenters. The number of sulfone groups is 1. The summed E-state index contributed by atoms with van der Waals surface area (Å²) in [7, 11) is -1.35. The van der Waals surface area contributed by atoms with Gasteiger partial charge in [-0.25, -0.2) is 8.42 Å². The molecular weight excluding hydrogens is 166 g/mol. The van der Waals surface area contributed by atoms with E-state index in [-0.39, 0.29) is 11.5 Å². The van der Waals surface area contributed by atoms with Crippen molar-refractivity contribution in [2.45, 2.75) is 6.42 Å². The van der Waals surface area contributed by atoms with Crippen LogP contribution in [0.4, 0.5) is 0 Å². The summed E-state index contributed by atoms with van der Waals surface area (Å²) in [6.45, 7) is 0.339. The lowest BCUT2D eigenvalue weighted by Crippen LogP contribution is -2.11. The maximum absolute atomic E-state index is 11.0. The fourth-order valence-electron chi connectivity index (χ4n) is 0.900. The van der Waals surface area contributed by atoms with Gasteiger partial charge in [0, 0.05) is 6.42 Å². The van der Waals surface area contributed by atoms with Crippen molar-refractivity contribution in [3.8, 4) is 0 Å². The van der Waals surface area contributed by atoms with Crippen molar-refractivity contribution in [3.05, 3.63) is 0 Å². The average molecular weight is 177 g/mol. The molecule has 0 saturated heterocycles. The van der Waals surface area contributed by atoms with Gasteiger partial charge >= 0.3 is 0 Å². The van der Waals surface area contributed by atoms with Crippen LogP contribution >= 0.6 is 0 Å². The minimum Gasteiger partial charge on any atom is -0.484 e. The summed E-state index contributed by atoms with van der Waals surface area (Å²) in [4.78, 5) is 3.95. The zero-order valence-electron chi connectivity index (χ0n) is 6.41. The van der Waals surface area contributed by atoms with Crippen molar-refractivity contribution in [1.82, 2.24) is 0 Å². The lowest BCUT2D eigenvalue weighted by molar-refractivity contribution is 0.391. The molecule has 0 saturated carbocycles. The number of aliphatic imine (C=N–C) groups is 1. The van der Waals surface area contributed by atoms with Gasteiger partial charge in [0.05, 0.1) is 25.2 Å². The van der Waals surface area contributed by atoms with E-state index in [4.69, 9.17) is 4.74 Å². The predicted octanol–water partition coefficient (Wildman–Crippen LogP) is -0.150. The summed E-state index contributed by atoms with van der Waals surface area (Å²) in [6.07, 6.45) is 0.416. The summed E-state index contributed by atoms with van der Waals surface area (Å²) in [5.74, 6) is 0.866. The average Bonchev–Trinajstić information content (AvgIpc) is 2.10. The van der Waals surface area contributed by atoms with E-state index in [0.29, 0.717) is 18.9 Å². The lowest BCUT2D eigenvalue weighted by atomic mass is 10.5. The summed E-state index contributed by atoms with van der Waals surface area (Å²) >= 11 is 0. The molecule has 4 nitrogen and oxygen atoms in total. The highest BCUT2D eigenvalue weighted by Gasteiger charge is 2.15. The first-order valence-electron chi connectivity index (χ1n) is 3.42. The number of nitrogens with zero attached hydrogens (tertiary/aromatic N) is 1. The number of hydrogen-bond acceptors (Lipinski definition) is 4. The van der Waals surface area contributed by atoms with Crippen LogP contribution in [0, 0.1) is 0 Å². The van der Waals surface area contributed by atoms with Crippen LogP contribution in [0.1, 0.15) is 6.42 Å². The van der Waals surface area contributed by atoms with E-state index in [1.165, 1.54) is 7.11 Å². The van der Waals surface area contributed by atoms with Crippen LogP contribution in [0.15, 0.2) is 4.99 Å². The Bertz CT molecular complexity index is 255. The number of hydrogen-bond donors (Lipinski definition) is 0. The highest BCUT2D eigenvalue weighted by atomic mass is 32.2. The summed E-state index contributed by atoms with van der Waals surface area (Å²) < 4.78 is 26.9. The number of rotatable bonds is 0. The van der Waals surface area contributed by atoms with Gasteiger partial charge in [-0.3, -0.25) is 4.99 Å². The van der Waals surface area contributed by atoms with E-state index in [9.17, 15) is 8.42 Å². The second kappa shape index (κ2) is 3.21. The largest absolute Gasteiger partial charge is 0.484 e. The third-order valence-electron chi connectivity index (χ3n) is 1.55. The maximum Gasteiger partial charge on any atom is 0.183 e. The van der Waals surface area contributed by atoms with Crippen molar-refractivity contribution < 1.29 is 13.2 Å². The molecule has 64 valence electrons. The van der Waals surface area contributed by atoms with E-state index in [1.807, 2.05) is 0 Å². The van der Waals surface area contributed by atoms with Crippen molar-refractivity contribution in [2.75, 3.05) is 25.2 Å². The van der Waals surface area contributed by atoms with E-state index >= 15 is 0 Å². The Morgan fingerprint density at radius 2 is 2.18 bits per heavy atom. The standard InChI is InChI=1S/C6H11NO3S/c1-10-6-2-4-11(8,9)5-3-7-6/h2-5H2,1H3. The molecule has 0 spiro atoms. The Kier molecular flexibility index (Phi) is 2.49. The molecule has 0 aromatic heterocycles. The highest BCUT2D eigenvalue weighted by Crippen LogP contribution is 2.02. The molecule has 1 aliphatic rings. The Morgan fingerprint density at radius 3 is 2.82 bits per heavy atom. The Labute approximate surface area is 66.2 Å². The van der Waals surface area contributed by atoms with E-state index in [1.54, 1.807) is 0 Å². The van der Waals surface area contributed by atoms with Gasteiger partial charge < -0.3 is 4.74 Å². The molecule has 0 aliphatic carbocycles. The van der Waals surface area contributed by atoms with Crippen molar-refractivity contribution >= 4 is 15.7 Å². The number of methoxy groups -OCH3 is 1. The quantitative estimate of drug-likeness (QED) is 0.517. The summed E-state index contributed by atoms with van der Waals surface area (Å²) in [6, 6.07) is 0. The molecule has 1 rings (SSSR count). The first-order valence-corrected chi connectivity index (χ1v) is 5.24. The van der Waals surface area contributed by atoms with E-state index < -0.39 is 9.84 Å². The van der Waals surface area contributed by atoms with Crippen LogP contribution in [0.5, 0.6) is 0 Å². The van der Waals surface area contributed by atoms with Gasteiger partial charge in [-0.05, 0) is 0 Å². The van der Waals surface area contributed by atoms with Gasteiger partial charge in [0.25, 0.3) is 0 Å². The first-order chi connectivity index (χ1) is 5.14. The molecule has 0 aromatic carbocycles. The molecule has 0 radical (unpaired) electrons. The molecule has 1 aliphatic heterocycles. The van der Waals surface area contributed by atoms with Gasteiger partial charge in [0.1, 0.15) is 0 Å². The van der Waals surface area contributed by atoms with Gasteiger partial charge in [-0.2, -0.15) is 0 Å². The second-order valence-electron chi connectivity index (χ2n) is 2.38. The third kappa shape index (κ3) is 2.49. The monoisotopic (exact) mass is 177 g/mol. The smallest absolute Gasteiger partial charge is 0.183 e. The maximum atomic E-state index is 11.0. The van der Waals surface area contributed by atoms with Crippen LogP contribution < -0.4 is 0 Å². The molecule has 0 unspecified atom stereocenters. The Morgan fingerprint density at radius 1 is 1.45 bits per heavy atom. The van der Waals surface area contributed by atoms with Crippen LogP contribution in [0.2, 0.25) is 0 Å². The van der Waals surface area contributed by atoms with E-state index in [2.05, 4.69) is 4.99 Å². The second-order valence-corrected chi connectivity index (χ2v) is 4.69. The topological polar surface area (TPSA) is 55.7 Å². The molecule has 0 bridgehead atoms. The lowest BCUT2D eigenvalue weighted by Gasteiger charge is -1.98. The van der Waals surface area contributed by atoms with Crippen molar-refractivity contribution in [2.24, 2.45) is 4.99 Å². The van der Waals surface area contributed by atoms with Crippen LogP contribution in [-0.2, 0) is 14.6 Å².